The minimum Gasteiger partial charge on any atom is -0.497 e. The van der Waals surface area contributed by atoms with E-state index in [2.05, 4.69) is 26.0 Å². The number of rotatable bonds is 18. The SMILES string of the molecule is COc1cc(Br)cc(OC)c1.COc1cc(OC)cc(C2(Cl)CCCCC2=O)c1.COc1cc(OC)cc(C2(N)CCCCC2=O)c1.COc1cc(OC)cc(C2(N=[N+]=[N-])CCCCC2=O)c1.COc1cc(OC)cc(C2CCCCC2=O)c1.COc1cc(OC)cc(C2CCCCC2O)c1. The molecule has 0 aliphatic heterocycles. The molecule has 0 amide bonds. The van der Waals surface area contributed by atoms with E-state index in [9.17, 15) is 24.3 Å². The van der Waals surface area contributed by atoms with Crippen molar-refractivity contribution in [2.24, 2.45) is 10.8 Å². The van der Waals surface area contributed by atoms with E-state index in [-0.39, 0.29) is 35.3 Å². The first kappa shape index (κ1) is 81.6. The van der Waals surface area contributed by atoms with Crippen molar-refractivity contribution in [3.8, 4) is 69.0 Å². The number of ketones is 4. The number of aliphatic hydroxyl groups excluding tert-OH is 1. The number of halogens is 2. The lowest BCUT2D eigenvalue weighted by molar-refractivity contribution is -0.127. The summed E-state index contributed by atoms with van der Waals surface area (Å²) in [5, 5.41) is 13.9. The highest BCUT2D eigenvalue weighted by Gasteiger charge is 2.43. The molecule has 5 saturated carbocycles. The maximum absolute atomic E-state index is 12.4. The van der Waals surface area contributed by atoms with E-state index in [1.165, 1.54) is 6.42 Å². The predicted molar refractivity (Wildman–Crippen MR) is 393 cm³/mol. The van der Waals surface area contributed by atoms with E-state index in [0.717, 1.165) is 138 Å². The molecule has 21 nitrogen and oxygen atoms in total. The molecule has 6 aromatic rings. The smallest absolute Gasteiger partial charge is 0.158 e. The van der Waals surface area contributed by atoms with Crippen LogP contribution in [0.2, 0.25) is 0 Å². The summed E-state index contributed by atoms with van der Waals surface area (Å²) in [6.07, 6.45) is 16.7. The number of nitrogens with two attached hydrogens (primary N) is 1. The number of azide groups is 1. The van der Waals surface area contributed by atoms with Gasteiger partial charge < -0.3 is 67.7 Å². The number of benzene rings is 6. The fourth-order valence-electron chi connectivity index (χ4n) is 13.0. The lowest BCUT2D eigenvalue weighted by atomic mass is 9.76. The van der Waals surface area contributed by atoms with Crippen molar-refractivity contribution in [1.82, 2.24) is 0 Å². The maximum atomic E-state index is 12.4. The van der Waals surface area contributed by atoms with Crippen LogP contribution in [0.15, 0.2) is 119 Å². The van der Waals surface area contributed by atoms with Gasteiger partial charge in [0.25, 0.3) is 0 Å². The molecule has 0 radical (unpaired) electrons. The second-order valence-corrected chi connectivity index (χ2v) is 26.6. The summed E-state index contributed by atoms with van der Waals surface area (Å²) in [6.45, 7) is 0. The zero-order chi connectivity index (χ0) is 73.7. The third kappa shape index (κ3) is 22.3. The van der Waals surface area contributed by atoms with Crippen molar-refractivity contribution >= 4 is 50.7 Å². The van der Waals surface area contributed by atoms with E-state index in [4.69, 9.17) is 79.7 Å². The van der Waals surface area contributed by atoms with Gasteiger partial charge in [0.05, 0.1) is 91.4 Å². The molecule has 548 valence electrons. The third-order valence-corrected chi connectivity index (χ3v) is 20.0. The Morgan fingerprint density at radius 1 is 0.416 bits per heavy atom. The van der Waals surface area contributed by atoms with E-state index in [0.29, 0.717) is 90.8 Å². The highest BCUT2D eigenvalue weighted by molar-refractivity contribution is 9.10. The Hall–Kier alpha value is -8.40. The monoisotopic (exact) mass is 1480 g/mol. The van der Waals surface area contributed by atoms with Crippen LogP contribution in [0.5, 0.6) is 69.0 Å². The predicted octanol–water partition coefficient (Wildman–Crippen LogP) is 16.8. The molecule has 101 heavy (non-hydrogen) atoms. The number of nitrogens with zero attached hydrogens (tertiary/aromatic N) is 3. The molecule has 0 heterocycles. The van der Waals surface area contributed by atoms with E-state index in [1.807, 2.05) is 78.9 Å². The van der Waals surface area contributed by atoms with Gasteiger partial charge in [-0.05, 0) is 170 Å². The molecule has 0 saturated heterocycles. The number of methoxy groups -OCH3 is 12. The molecule has 11 rings (SSSR count). The van der Waals surface area contributed by atoms with Crippen molar-refractivity contribution in [1.29, 1.82) is 0 Å². The molecule has 5 aliphatic carbocycles. The van der Waals surface area contributed by atoms with Crippen LogP contribution in [0.25, 0.3) is 10.4 Å². The minimum atomic E-state index is -1.13. The number of carbonyl (C=O) groups is 4. The standard InChI is InChI=1S/C14H17ClO3.C14H17N3O3.C14H19NO3.C14H20O3.C14H18O3.C8H9BrO2/c1-17-11-7-10(8-12(9-11)18-2)14(15)6-4-3-5-13(14)16;1-19-11-7-10(8-12(9-11)20-2)14(16-17-15)6-4-3-5-13(14)18;1-17-11-7-10(8-12(9-11)18-2)14(15)6-4-3-5-13(14)16;2*1-16-11-7-10(8-12(9-11)17-2)13-5-3-4-6-14(13)15;1-10-7-3-6(9)4-8(5-7)11-2/h7-9H,3-6H2,1-2H3;7-9H,3-6H2,1-2H3;7-9H,3-6,15H2,1-2H3;7-9,13-15H,3-6H2,1-2H3;7-9,13H,3-6H2,1-2H3;3-5H,1-2H3. The van der Waals surface area contributed by atoms with Gasteiger partial charge in [-0.1, -0.05) is 59.6 Å². The number of ether oxygens (including phenoxy) is 12. The molecular formula is C78H100BrClN4O17. The van der Waals surface area contributed by atoms with Gasteiger partial charge in [0.15, 0.2) is 11.6 Å². The van der Waals surface area contributed by atoms with E-state index >= 15 is 0 Å². The molecule has 5 fully saturated rings. The Bertz CT molecular complexity index is 3540. The van der Waals surface area contributed by atoms with Gasteiger partial charge in [-0.3, -0.25) is 19.2 Å². The van der Waals surface area contributed by atoms with Crippen LogP contribution < -0.4 is 62.6 Å². The summed E-state index contributed by atoms with van der Waals surface area (Å²) in [7, 11) is 19.2. The van der Waals surface area contributed by atoms with Crippen LogP contribution >= 0.6 is 27.5 Å². The zero-order valence-corrected chi connectivity index (χ0v) is 62.8. The number of aliphatic hydroxyl groups is 1. The molecule has 0 bridgehead atoms. The highest BCUT2D eigenvalue weighted by Crippen LogP contribution is 2.45. The number of carbonyl (C=O) groups excluding carboxylic acids is 4. The molecule has 6 atom stereocenters. The van der Waals surface area contributed by atoms with Gasteiger partial charge in [-0.25, -0.2) is 0 Å². The van der Waals surface area contributed by atoms with Crippen LogP contribution in [0.4, 0.5) is 0 Å². The Kier molecular flexibility index (Phi) is 32.5. The first-order chi connectivity index (χ1) is 48.6. The summed E-state index contributed by atoms with van der Waals surface area (Å²) < 4.78 is 63.3. The maximum Gasteiger partial charge on any atom is 0.158 e. The molecule has 5 aliphatic rings. The first-order valence-electron chi connectivity index (χ1n) is 34.0. The summed E-state index contributed by atoms with van der Waals surface area (Å²) in [6, 6.07) is 33.2. The van der Waals surface area contributed by atoms with Crippen LogP contribution in [-0.2, 0) is 35.1 Å². The summed E-state index contributed by atoms with van der Waals surface area (Å²) >= 11 is 9.88. The van der Waals surface area contributed by atoms with Crippen LogP contribution in [-0.4, -0.2) is 120 Å². The normalized spacial score (nSPS) is 21.4. The number of Topliss-reactive ketones (excluding diaryl/α,β-unsaturated/α-hetero) is 4. The van der Waals surface area contributed by atoms with Crippen LogP contribution in [0, 0.1) is 0 Å². The van der Waals surface area contributed by atoms with Crippen molar-refractivity contribution < 1.29 is 81.1 Å². The highest BCUT2D eigenvalue weighted by atomic mass is 79.9. The summed E-state index contributed by atoms with van der Waals surface area (Å²) in [4.78, 5) is 50.5. The van der Waals surface area contributed by atoms with Crippen LogP contribution in [0.3, 0.4) is 0 Å². The van der Waals surface area contributed by atoms with Crippen LogP contribution in [0.1, 0.15) is 168 Å². The molecule has 3 N–H and O–H groups in total. The first-order valence-corrected chi connectivity index (χ1v) is 35.2. The minimum absolute atomic E-state index is 0.0211. The quantitative estimate of drug-likeness (QED) is 0.0350. The van der Waals surface area contributed by atoms with Gasteiger partial charge in [0.2, 0.25) is 0 Å². The lowest BCUT2D eigenvalue weighted by Crippen LogP contribution is -2.46. The second kappa shape index (κ2) is 40.3. The number of hydrogen-bond acceptors (Lipinski definition) is 19. The summed E-state index contributed by atoms with van der Waals surface area (Å²) in [5.41, 5.74) is 17.5. The molecule has 6 aromatic carbocycles. The topological polar surface area (TPSA) is 274 Å². The van der Waals surface area contributed by atoms with Gasteiger partial charge in [0, 0.05) is 83.3 Å². The average molecular weight is 1480 g/mol. The molecule has 23 heteroatoms. The van der Waals surface area contributed by atoms with Gasteiger partial charge >= 0.3 is 0 Å². The molecule has 0 spiro atoms. The molecule has 6 unspecified atom stereocenters. The van der Waals surface area contributed by atoms with Crippen molar-refractivity contribution in [2.45, 2.75) is 162 Å². The fourth-order valence-corrected chi connectivity index (χ4v) is 13.8. The van der Waals surface area contributed by atoms with E-state index < -0.39 is 16.0 Å². The number of hydrogen-bond donors (Lipinski definition) is 2. The largest absolute Gasteiger partial charge is 0.497 e. The third-order valence-electron chi connectivity index (χ3n) is 18.9. The zero-order valence-electron chi connectivity index (χ0n) is 60.4. The van der Waals surface area contributed by atoms with Gasteiger partial charge in [-0.2, -0.15) is 0 Å². The van der Waals surface area contributed by atoms with E-state index in [1.54, 1.807) is 116 Å². The van der Waals surface area contributed by atoms with Gasteiger partial charge in [-0.15, -0.1) is 11.6 Å². The second-order valence-electron chi connectivity index (χ2n) is 25.1. The Morgan fingerprint density at radius 2 is 0.762 bits per heavy atom. The Balaban J connectivity index is 0.000000192. The lowest BCUT2D eigenvalue weighted by Gasteiger charge is -2.32. The molecular weight excluding hydrogens is 1380 g/mol. The number of alkyl halides is 1. The Morgan fingerprint density at radius 3 is 1.16 bits per heavy atom. The van der Waals surface area contributed by atoms with Gasteiger partial charge in [0.1, 0.15) is 96.5 Å². The average Bonchev–Trinajstić information content (AvgIpc) is 0.779. The van der Waals surface area contributed by atoms with Crippen molar-refractivity contribution in [3.05, 3.63) is 152 Å². The fraction of sp³-hybridized carbons (Fsp3) is 0.487. The summed E-state index contributed by atoms with van der Waals surface area (Å²) in [5.74, 6) is 9.15. The Labute approximate surface area is 607 Å². The van der Waals surface area contributed by atoms with Crippen molar-refractivity contribution in [3.63, 3.8) is 0 Å². The van der Waals surface area contributed by atoms with Crippen molar-refractivity contribution in [2.75, 3.05) is 85.3 Å². The molecule has 0 aromatic heterocycles.